The minimum Gasteiger partial charge on any atom is -0.390 e. The summed E-state index contributed by atoms with van der Waals surface area (Å²) in [5, 5.41) is 23.3. The summed E-state index contributed by atoms with van der Waals surface area (Å²) in [5.74, 6) is -0.252. The Morgan fingerprint density at radius 3 is 1.83 bits per heavy atom. The quantitative estimate of drug-likeness (QED) is 0.0461. The molecule has 0 radical (unpaired) electrons. The van der Waals surface area contributed by atoms with Crippen molar-refractivity contribution in [1.82, 2.24) is 24.4 Å². The van der Waals surface area contributed by atoms with Crippen molar-refractivity contribution in [2.45, 2.75) is 101 Å². The zero-order chi connectivity index (χ0) is 47.5. The molecule has 10 N–H and O–H groups in total. The summed E-state index contributed by atoms with van der Waals surface area (Å²) in [6.45, 7) is -1.49. The molecule has 9 unspecified atom stereocenters. The summed E-state index contributed by atoms with van der Waals surface area (Å²) in [5.41, 5.74) is -3.16. The van der Waals surface area contributed by atoms with Crippen LogP contribution in [0.4, 0.5) is 0 Å². The van der Waals surface area contributed by atoms with Crippen molar-refractivity contribution in [2.24, 2.45) is 0 Å². The molecule has 0 aromatic carbocycles. The maximum Gasteiger partial charge on any atom is 0.490 e. The SMILES string of the molecule is O=C(CCCCCCCCCOP(=O)(O)OCC1OC(n2cc(Br)c(=O)[nH]c2=O)CC1O)NCC=Cc1cn(C2CC(O)C(COP(=O)(O)OP(=O)(O)OP(=O)(O)O)O2)c(=O)[nH]c1=O. The molecule has 0 aliphatic carbocycles. The lowest BCUT2D eigenvalue weighted by Gasteiger charge is -2.19. The van der Waals surface area contributed by atoms with Crippen molar-refractivity contribution < 1.29 is 89.4 Å². The molecule has 0 saturated carbocycles. The second-order valence-electron chi connectivity index (χ2n) is 14.2. The lowest BCUT2D eigenvalue weighted by atomic mass is 10.1. The van der Waals surface area contributed by atoms with E-state index in [-0.39, 0.29) is 48.4 Å². The fraction of sp³-hybridized carbons (Fsp3) is 0.645. The molecule has 0 bridgehead atoms. The van der Waals surface area contributed by atoms with Gasteiger partial charge in [0.15, 0.2) is 0 Å². The Labute approximate surface area is 369 Å². The van der Waals surface area contributed by atoms with Gasteiger partial charge in [0.05, 0.1) is 42.1 Å². The van der Waals surface area contributed by atoms with Crippen LogP contribution < -0.4 is 27.8 Å². The number of phosphoric ester groups is 2. The van der Waals surface area contributed by atoms with Crippen LogP contribution >= 0.6 is 47.2 Å². The first-order valence-corrected chi connectivity index (χ1v) is 26.0. The van der Waals surface area contributed by atoms with Crippen LogP contribution in [0.2, 0.25) is 0 Å². The normalized spacial score (nSPS) is 24.4. The van der Waals surface area contributed by atoms with Crippen molar-refractivity contribution >= 4 is 59.2 Å². The molecule has 0 spiro atoms. The van der Waals surface area contributed by atoms with E-state index in [2.05, 4.69) is 44.4 Å². The molecular weight excluding hydrogens is 1010 g/mol. The van der Waals surface area contributed by atoms with E-state index in [9.17, 15) is 67.1 Å². The van der Waals surface area contributed by atoms with Crippen LogP contribution in [0.1, 0.15) is 82.2 Å². The number of halogens is 1. The van der Waals surface area contributed by atoms with E-state index in [0.29, 0.717) is 19.3 Å². The van der Waals surface area contributed by atoms with E-state index in [0.717, 1.165) is 41.0 Å². The Morgan fingerprint density at radius 2 is 1.25 bits per heavy atom. The number of nitrogens with one attached hydrogen (secondary N) is 3. The van der Waals surface area contributed by atoms with Crippen molar-refractivity contribution in [1.29, 1.82) is 0 Å². The van der Waals surface area contributed by atoms with Crippen LogP contribution in [0, 0.1) is 0 Å². The summed E-state index contributed by atoms with van der Waals surface area (Å²) in [7, 11) is -21.4. The maximum atomic E-state index is 12.5. The lowest BCUT2D eigenvalue weighted by Crippen LogP contribution is -2.33. The number of aliphatic hydroxyl groups excluding tert-OH is 2. The number of hydrogen-bond donors (Lipinski definition) is 10. The number of ether oxygens (including phenoxy) is 2. The number of H-pyrrole nitrogens is 2. The van der Waals surface area contributed by atoms with Crippen molar-refractivity contribution in [3.8, 4) is 0 Å². The van der Waals surface area contributed by atoms with Gasteiger partial charge < -0.3 is 49.5 Å². The minimum atomic E-state index is -5.78. The maximum absolute atomic E-state index is 12.5. The Morgan fingerprint density at radius 1 is 0.734 bits per heavy atom. The predicted molar refractivity (Wildman–Crippen MR) is 220 cm³/mol. The van der Waals surface area contributed by atoms with Crippen LogP contribution in [0.15, 0.2) is 42.1 Å². The van der Waals surface area contributed by atoms with Gasteiger partial charge in [-0.15, -0.1) is 0 Å². The number of aromatic amines is 2. The molecule has 64 heavy (non-hydrogen) atoms. The van der Waals surface area contributed by atoms with Gasteiger partial charge in [-0.25, -0.2) is 27.8 Å². The minimum absolute atomic E-state index is 0.0301. The average Bonchev–Trinajstić information content (AvgIpc) is 3.73. The van der Waals surface area contributed by atoms with E-state index in [1.54, 1.807) is 0 Å². The third-order valence-corrected chi connectivity index (χ3v) is 14.5. The number of unbranched alkanes of at least 4 members (excludes halogenated alkanes) is 6. The van der Waals surface area contributed by atoms with Crippen molar-refractivity contribution in [2.75, 3.05) is 26.4 Å². The monoisotopic (exact) mass is 1060 g/mol. The summed E-state index contributed by atoms with van der Waals surface area (Å²) in [6, 6.07) is 0. The zero-order valence-corrected chi connectivity index (χ0v) is 38.6. The first-order valence-electron chi connectivity index (χ1n) is 19.2. The largest absolute Gasteiger partial charge is 0.490 e. The number of carbonyl (C=O) groups excluding carboxylic acids is 1. The first kappa shape index (κ1) is 54.0. The Hall–Kier alpha value is -2.59. The topological polar surface area (TPSA) is 413 Å². The number of rotatable bonds is 26. The van der Waals surface area contributed by atoms with E-state index in [4.69, 9.17) is 28.3 Å². The third-order valence-electron chi connectivity index (χ3n) is 9.19. The fourth-order valence-electron chi connectivity index (χ4n) is 6.15. The summed E-state index contributed by atoms with van der Waals surface area (Å²) < 4.78 is 81.5. The predicted octanol–water partition coefficient (Wildman–Crippen LogP) is 0.873. The summed E-state index contributed by atoms with van der Waals surface area (Å²) >= 11 is 3.02. The van der Waals surface area contributed by atoms with Gasteiger partial charge in [0, 0.05) is 38.2 Å². The van der Waals surface area contributed by atoms with Crippen molar-refractivity contribution in [3.63, 3.8) is 0 Å². The van der Waals surface area contributed by atoms with Gasteiger partial charge in [-0.05, 0) is 28.8 Å². The van der Waals surface area contributed by atoms with Gasteiger partial charge in [0.1, 0.15) is 24.7 Å². The molecule has 2 saturated heterocycles. The number of amides is 1. The molecule has 33 heteroatoms. The Kier molecular flexibility index (Phi) is 20.2. The number of aromatic nitrogens is 4. The second kappa shape index (κ2) is 23.9. The Bertz CT molecular complexity index is 2390. The van der Waals surface area contributed by atoms with E-state index < -0.39 is 104 Å². The number of nitrogens with zero attached hydrogens (tertiary/aromatic N) is 2. The molecule has 4 rings (SSSR count). The van der Waals surface area contributed by atoms with Gasteiger partial charge in [-0.3, -0.25) is 47.1 Å². The lowest BCUT2D eigenvalue weighted by molar-refractivity contribution is -0.121. The molecule has 1 amide bonds. The molecule has 9 atom stereocenters. The Balaban J connectivity index is 1.06. The van der Waals surface area contributed by atoms with Crippen LogP contribution in [-0.4, -0.2) is 110 Å². The second-order valence-corrected chi connectivity index (χ2v) is 20.9. The smallest absolute Gasteiger partial charge is 0.390 e. The number of hydrogen-bond acceptors (Lipinski definition) is 18. The van der Waals surface area contributed by atoms with Crippen LogP contribution in [0.3, 0.4) is 0 Å². The van der Waals surface area contributed by atoms with Gasteiger partial charge in [0.25, 0.3) is 11.1 Å². The van der Waals surface area contributed by atoms with E-state index in [1.807, 2.05) is 0 Å². The number of aliphatic hydroxyl groups is 2. The molecular formula is C31H48BrN5O23P4. The molecule has 2 aliphatic rings. The highest BCUT2D eigenvalue weighted by Gasteiger charge is 2.43. The molecule has 28 nitrogen and oxygen atoms in total. The van der Waals surface area contributed by atoms with Crippen molar-refractivity contribution in [3.05, 3.63) is 70.2 Å². The molecule has 2 aromatic heterocycles. The van der Waals surface area contributed by atoms with Crippen LogP contribution in [0.25, 0.3) is 6.08 Å². The first-order chi connectivity index (χ1) is 29.8. The van der Waals surface area contributed by atoms with Crippen LogP contribution in [-0.2, 0) is 54.7 Å². The van der Waals surface area contributed by atoms with Gasteiger partial charge in [-0.1, -0.05) is 44.3 Å². The summed E-state index contributed by atoms with van der Waals surface area (Å²) in [4.78, 5) is 111. The van der Waals surface area contributed by atoms with Gasteiger partial charge >= 0.3 is 42.7 Å². The highest BCUT2D eigenvalue weighted by atomic mass is 79.9. The molecule has 2 aromatic rings. The van der Waals surface area contributed by atoms with E-state index >= 15 is 0 Å². The molecule has 362 valence electrons. The highest BCUT2D eigenvalue weighted by Crippen LogP contribution is 2.66. The van der Waals surface area contributed by atoms with Crippen LogP contribution in [0.5, 0.6) is 0 Å². The number of phosphoric acid groups is 4. The third kappa shape index (κ3) is 17.9. The fourth-order valence-corrected chi connectivity index (χ4v) is 10.3. The zero-order valence-electron chi connectivity index (χ0n) is 33.4. The standard InChI is InChI=1S/C31H48BrN5O23P4/c32-20-16-37(31(44)35-29(20)42)27-14-22(39)23(58-27)17-55-62(48,49)54-12-7-5-3-1-2-4-6-10-25(40)33-11-8-9-19-15-36(30(43)34-28(19)41)26-13-21(38)24(57-26)18-56-63(50,51)60-64(52,53)59-61(45,46)47/h8-9,15-16,21-24,26-27,38-39H,1-7,10-14,17-18H2,(H,33,40)(H,48,49)(H,50,51)(H,52,53)(H,34,41,43)(H,35,42,44)(H2,45,46,47). The molecule has 2 fully saturated rings. The van der Waals surface area contributed by atoms with Gasteiger partial charge in [-0.2, -0.15) is 8.62 Å². The number of carbonyl (C=O) groups is 1. The highest BCUT2D eigenvalue weighted by molar-refractivity contribution is 9.10. The molecule has 4 heterocycles. The van der Waals surface area contributed by atoms with Gasteiger partial charge in [0.2, 0.25) is 5.91 Å². The average molecular weight is 1060 g/mol. The summed E-state index contributed by atoms with van der Waals surface area (Å²) in [6.07, 6.45) is 2.79. The van der Waals surface area contributed by atoms with E-state index in [1.165, 1.54) is 18.3 Å². The molecule has 2 aliphatic heterocycles.